The van der Waals surface area contributed by atoms with Crippen molar-refractivity contribution in [2.24, 2.45) is 0 Å². The van der Waals surface area contributed by atoms with Crippen LogP contribution in [0.25, 0.3) is 66.8 Å². The maximum absolute atomic E-state index is 4.36. The SMILES string of the molecule is Cc1ccncc1-c1ccc(-c2ccc3c(c2)-c2ccccc2B2c4ccccc4-c4cc(-c5ccc(-c6cnccc6C)cc5)ccc4N23)cc1. The molecule has 0 fully saturated rings. The molecule has 4 heterocycles. The molecule has 4 heteroatoms. The summed E-state index contributed by atoms with van der Waals surface area (Å²) < 4.78 is 0. The van der Waals surface area contributed by atoms with Crippen LogP contribution in [0.1, 0.15) is 11.1 Å². The van der Waals surface area contributed by atoms with Crippen LogP contribution in [-0.4, -0.2) is 16.8 Å². The van der Waals surface area contributed by atoms with Gasteiger partial charge in [-0.05, 0) is 117 Å². The van der Waals surface area contributed by atoms with E-state index in [9.17, 15) is 0 Å². The molecule has 6 aromatic carbocycles. The molecule has 0 unspecified atom stereocenters. The van der Waals surface area contributed by atoms with Gasteiger partial charge in [0.05, 0.1) is 0 Å². The van der Waals surface area contributed by atoms with Gasteiger partial charge in [0.1, 0.15) is 0 Å². The molecule has 10 rings (SSSR count). The number of anilines is 2. The fourth-order valence-corrected chi connectivity index (χ4v) is 8.31. The van der Waals surface area contributed by atoms with E-state index in [1.807, 2.05) is 24.8 Å². The quantitative estimate of drug-likeness (QED) is 0.176. The molecule has 52 heavy (non-hydrogen) atoms. The second-order valence-corrected chi connectivity index (χ2v) is 13.9. The van der Waals surface area contributed by atoms with E-state index in [-0.39, 0.29) is 6.85 Å². The first-order valence-corrected chi connectivity index (χ1v) is 17.9. The monoisotopic (exact) mass is 663 g/mol. The van der Waals surface area contributed by atoms with Crippen molar-refractivity contribution in [3.8, 4) is 66.8 Å². The van der Waals surface area contributed by atoms with E-state index in [1.54, 1.807) is 0 Å². The Morgan fingerprint density at radius 3 is 1.23 bits per heavy atom. The Kier molecular flexibility index (Phi) is 7.04. The number of nitrogens with zero attached hydrogens (tertiary/aromatic N) is 3. The van der Waals surface area contributed by atoms with E-state index in [2.05, 4.69) is 174 Å². The Hall–Kier alpha value is -6.52. The third-order valence-electron chi connectivity index (χ3n) is 11.0. The molecule has 2 aromatic heterocycles. The highest BCUT2D eigenvalue weighted by Crippen LogP contribution is 2.48. The highest BCUT2D eigenvalue weighted by atomic mass is 15.1. The predicted molar refractivity (Wildman–Crippen MR) is 218 cm³/mol. The third kappa shape index (κ3) is 4.83. The van der Waals surface area contributed by atoms with Crippen LogP contribution in [0.2, 0.25) is 0 Å². The minimum atomic E-state index is 0.0770. The lowest BCUT2D eigenvalue weighted by Crippen LogP contribution is -2.59. The fourth-order valence-electron chi connectivity index (χ4n) is 8.31. The zero-order valence-electron chi connectivity index (χ0n) is 29.1. The first-order chi connectivity index (χ1) is 25.6. The van der Waals surface area contributed by atoms with Gasteiger partial charge in [-0.15, -0.1) is 0 Å². The van der Waals surface area contributed by atoms with Crippen molar-refractivity contribution in [2.75, 3.05) is 4.81 Å². The van der Waals surface area contributed by atoms with Gasteiger partial charge < -0.3 is 4.81 Å². The summed E-state index contributed by atoms with van der Waals surface area (Å²) in [6.07, 6.45) is 7.61. The number of rotatable bonds is 4. The van der Waals surface area contributed by atoms with Gasteiger partial charge in [0.15, 0.2) is 0 Å². The molecule has 0 amide bonds. The summed E-state index contributed by atoms with van der Waals surface area (Å²) in [4.78, 5) is 11.3. The molecule has 3 nitrogen and oxygen atoms in total. The van der Waals surface area contributed by atoms with E-state index >= 15 is 0 Å². The minimum absolute atomic E-state index is 0.0770. The fraction of sp³-hybridized carbons (Fsp3) is 0.0417. The van der Waals surface area contributed by atoms with Crippen LogP contribution in [0, 0.1) is 13.8 Å². The highest BCUT2D eigenvalue weighted by molar-refractivity contribution is 6.92. The van der Waals surface area contributed by atoms with Crippen LogP contribution in [-0.2, 0) is 0 Å². The summed E-state index contributed by atoms with van der Waals surface area (Å²) in [6, 6.07) is 53.9. The van der Waals surface area contributed by atoms with Crippen molar-refractivity contribution in [3.63, 3.8) is 0 Å². The highest BCUT2D eigenvalue weighted by Gasteiger charge is 2.42. The smallest absolute Gasteiger partial charge is 0.329 e. The minimum Gasteiger partial charge on any atom is -0.376 e. The number of aryl methyl sites for hydroxylation is 2. The standard InChI is InChI=1S/C48H34BN3/c1-31-23-25-50-29-43(31)35-15-11-33(12-16-35)37-19-21-47-41(27-37)39-7-3-5-9-45(39)49-46-10-6-4-8-40(46)42-28-38(20-22-48(42)52(47)49)34-13-17-36(18-14-34)44-30-51-26-24-32(44)2/h3-30H,1-2H3. The summed E-state index contributed by atoms with van der Waals surface area (Å²) in [5.74, 6) is 0. The van der Waals surface area contributed by atoms with Crippen molar-refractivity contribution >= 4 is 29.1 Å². The molecule has 0 bridgehead atoms. The molecular weight excluding hydrogens is 629 g/mol. The van der Waals surface area contributed by atoms with Gasteiger partial charge in [0, 0.05) is 58.4 Å². The van der Waals surface area contributed by atoms with Crippen molar-refractivity contribution in [1.82, 2.24) is 9.97 Å². The number of hydrogen-bond acceptors (Lipinski definition) is 3. The third-order valence-corrected chi connectivity index (χ3v) is 11.0. The normalized spacial score (nSPS) is 12.3. The van der Waals surface area contributed by atoms with Crippen LogP contribution >= 0.6 is 0 Å². The van der Waals surface area contributed by atoms with Crippen LogP contribution in [0.5, 0.6) is 0 Å². The topological polar surface area (TPSA) is 29.0 Å². The van der Waals surface area contributed by atoms with Crippen LogP contribution in [0.3, 0.4) is 0 Å². The molecule has 2 aliphatic heterocycles. The number of aromatic nitrogens is 2. The molecule has 0 saturated heterocycles. The maximum atomic E-state index is 4.36. The van der Waals surface area contributed by atoms with Gasteiger partial charge in [0.25, 0.3) is 0 Å². The number of benzene rings is 6. The average Bonchev–Trinajstić information content (AvgIpc) is 3.21. The lowest BCUT2D eigenvalue weighted by Gasteiger charge is -2.43. The van der Waals surface area contributed by atoms with E-state index in [4.69, 9.17) is 0 Å². The molecule has 0 aliphatic carbocycles. The summed E-state index contributed by atoms with van der Waals surface area (Å²) in [7, 11) is 0. The van der Waals surface area contributed by atoms with E-state index in [0.29, 0.717) is 0 Å². The Bertz CT molecular complexity index is 2480. The van der Waals surface area contributed by atoms with Gasteiger partial charge in [-0.25, -0.2) is 0 Å². The zero-order valence-corrected chi connectivity index (χ0v) is 29.1. The van der Waals surface area contributed by atoms with Crippen molar-refractivity contribution < 1.29 is 0 Å². The van der Waals surface area contributed by atoms with Gasteiger partial charge in [0.2, 0.25) is 0 Å². The molecule has 0 atom stereocenters. The van der Waals surface area contributed by atoms with Crippen LogP contribution < -0.4 is 15.7 Å². The molecule has 8 aromatic rings. The maximum Gasteiger partial charge on any atom is 0.329 e. The first-order valence-electron chi connectivity index (χ1n) is 17.9. The van der Waals surface area contributed by atoms with E-state index in [1.165, 1.54) is 100 Å². The lowest BCUT2D eigenvalue weighted by molar-refractivity contribution is 1.29. The zero-order chi connectivity index (χ0) is 34.8. The molecule has 2 aliphatic rings. The molecule has 0 saturated carbocycles. The molecular formula is C48H34BN3. The van der Waals surface area contributed by atoms with Crippen LogP contribution in [0.15, 0.2) is 170 Å². The number of hydrogen-bond donors (Lipinski definition) is 0. The first kappa shape index (κ1) is 30.3. The van der Waals surface area contributed by atoms with Crippen molar-refractivity contribution in [3.05, 3.63) is 182 Å². The lowest BCUT2D eigenvalue weighted by atomic mass is 9.43. The van der Waals surface area contributed by atoms with Gasteiger partial charge in [-0.2, -0.15) is 0 Å². The summed E-state index contributed by atoms with van der Waals surface area (Å²) in [5, 5.41) is 0. The van der Waals surface area contributed by atoms with Crippen molar-refractivity contribution in [2.45, 2.75) is 13.8 Å². The number of fused-ring (bicyclic) bond motifs is 11. The van der Waals surface area contributed by atoms with Gasteiger partial charge in [-0.1, -0.05) is 109 Å². The van der Waals surface area contributed by atoms with Gasteiger partial charge >= 0.3 is 6.85 Å². The van der Waals surface area contributed by atoms with Crippen LogP contribution in [0.4, 0.5) is 11.4 Å². The Labute approximate surface area is 305 Å². The average molecular weight is 664 g/mol. The van der Waals surface area contributed by atoms with E-state index < -0.39 is 0 Å². The molecule has 0 radical (unpaired) electrons. The summed E-state index contributed by atoms with van der Waals surface area (Å²) >= 11 is 0. The Morgan fingerprint density at radius 2 is 0.788 bits per heavy atom. The largest absolute Gasteiger partial charge is 0.376 e. The predicted octanol–water partition coefficient (Wildman–Crippen LogP) is 10.7. The van der Waals surface area contributed by atoms with Gasteiger partial charge in [-0.3, -0.25) is 9.97 Å². The Balaban J connectivity index is 1.08. The molecule has 0 N–H and O–H groups in total. The summed E-state index contributed by atoms with van der Waals surface area (Å²) in [5.41, 5.74) is 22.2. The van der Waals surface area contributed by atoms with Crippen molar-refractivity contribution in [1.29, 1.82) is 0 Å². The number of pyridine rings is 2. The summed E-state index contributed by atoms with van der Waals surface area (Å²) in [6.45, 7) is 4.35. The second-order valence-electron chi connectivity index (χ2n) is 13.9. The van der Waals surface area contributed by atoms with E-state index in [0.717, 1.165) is 0 Å². The molecule has 0 spiro atoms. The Morgan fingerprint density at radius 1 is 0.385 bits per heavy atom. The molecule has 244 valence electrons. The second kappa shape index (κ2) is 12.1.